The molecule has 9 rings (SSSR count). The van der Waals surface area contributed by atoms with E-state index in [9.17, 15) is 43.2 Å². The van der Waals surface area contributed by atoms with Gasteiger partial charge < -0.3 is 42.6 Å². The molecule has 0 saturated carbocycles. The first-order chi connectivity index (χ1) is 50.8. The standard InChI is InChI=1S/3C28H26O6S/c3*1-3-26(29)32-18-4-5-19-35-25-16-10-22(11-17-25)28(31)34-24-14-8-21(9-15-24)27(30)33-23-12-6-20(2)7-13-23/h3*3,6-17H,1,4-5,18-19H2,2H3. The molecule has 0 atom stereocenters. The van der Waals surface area contributed by atoms with Crippen LogP contribution in [0, 0.1) is 20.8 Å². The summed E-state index contributed by atoms with van der Waals surface area (Å²) in [5.41, 5.74) is 5.55. The van der Waals surface area contributed by atoms with Crippen molar-refractivity contribution in [3.8, 4) is 34.5 Å². The Hall–Kier alpha value is -11.5. The molecular weight excluding hydrogens is 1390 g/mol. The summed E-state index contributed by atoms with van der Waals surface area (Å²) >= 11 is 4.97. The van der Waals surface area contributed by atoms with Crippen molar-refractivity contribution in [1.29, 1.82) is 0 Å². The maximum absolute atomic E-state index is 12.5. The fourth-order valence-electron chi connectivity index (χ4n) is 8.73. The van der Waals surface area contributed by atoms with Gasteiger partial charge in [-0.05, 0) is 259 Å². The maximum Gasteiger partial charge on any atom is 0.343 e. The van der Waals surface area contributed by atoms with Crippen LogP contribution in [0.4, 0.5) is 0 Å². The minimum atomic E-state index is -0.488. The predicted octanol–water partition coefficient (Wildman–Crippen LogP) is 18.1. The highest BCUT2D eigenvalue weighted by Crippen LogP contribution is 2.27. The van der Waals surface area contributed by atoms with E-state index in [-0.39, 0.29) is 0 Å². The van der Waals surface area contributed by atoms with Crippen LogP contribution in [0.15, 0.2) is 271 Å². The summed E-state index contributed by atoms with van der Waals surface area (Å²) < 4.78 is 47.1. The van der Waals surface area contributed by atoms with Gasteiger partial charge in [-0.3, -0.25) is 0 Å². The molecule has 0 N–H and O–H groups in total. The molecular formula is C84H78O18S3. The second kappa shape index (κ2) is 44.1. The average Bonchev–Trinajstić information content (AvgIpc) is 0.870. The minimum absolute atomic E-state index is 0.331. The lowest BCUT2D eigenvalue weighted by Crippen LogP contribution is -2.10. The van der Waals surface area contributed by atoms with Crippen LogP contribution in [0.5, 0.6) is 34.5 Å². The molecule has 9 aromatic carbocycles. The number of ether oxygens (including phenoxy) is 9. The lowest BCUT2D eigenvalue weighted by atomic mass is 10.2. The van der Waals surface area contributed by atoms with Crippen LogP contribution in [0.1, 0.15) is 117 Å². The molecule has 0 bridgehead atoms. The van der Waals surface area contributed by atoms with Gasteiger partial charge in [0.1, 0.15) is 34.5 Å². The number of rotatable bonds is 33. The van der Waals surface area contributed by atoms with Crippen LogP contribution in [-0.4, -0.2) is 90.8 Å². The Morgan fingerprint density at radius 2 is 0.429 bits per heavy atom. The van der Waals surface area contributed by atoms with Crippen LogP contribution < -0.4 is 28.4 Å². The average molecular weight is 1470 g/mol. The van der Waals surface area contributed by atoms with E-state index in [1.165, 1.54) is 0 Å². The maximum atomic E-state index is 12.5. The summed E-state index contributed by atoms with van der Waals surface area (Å²) in [5.74, 6) is 0.855. The summed E-state index contributed by atoms with van der Waals surface area (Å²) in [6, 6.07) is 61.7. The highest BCUT2D eigenvalue weighted by atomic mass is 32.2. The molecule has 0 fully saturated rings. The third-order valence-corrected chi connectivity index (χ3v) is 17.8. The summed E-state index contributed by atoms with van der Waals surface area (Å²) in [6.45, 7) is 17.1. The monoisotopic (exact) mass is 1470 g/mol. The lowest BCUT2D eigenvalue weighted by molar-refractivity contribution is -0.138. The van der Waals surface area contributed by atoms with Crippen molar-refractivity contribution in [2.45, 2.75) is 74.0 Å². The molecule has 0 heterocycles. The van der Waals surface area contributed by atoms with Crippen LogP contribution in [0.25, 0.3) is 0 Å². The van der Waals surface area contributed by atoms with Gasteiger partial charge in [-0.15, -0.1) is 35.3 Å². The number of esters is 9. The van der Waals surface area contributed by atoms with Gasteiger partial charge in [0.2, 0.25) is 0 Å². The summed E-state index contributed by atoms with van der Waals surface area (Å²) in [7, 11) is 0. The van der Waals surface area contributed by atoms with E-state index in [1.54, 1.807) is 181 Å². The van der Waals surface area contributed by atoms with Gasteiger partial charge in [0, 0.05) is 32.9 Å². The first-order valence-electron chi connectivity index (χ1n) is 33.2. The summed E-state index contributed by atoms with van der Waals surface area (Å²) in [5, 5.41) is 0. The first-order valence-corrected chi connectivity index (χ1v) is 36.2. The van der Waals surface area contributed by atoms with E-state index in [1.807, 2.05) is 93.6 Å². The van der Waals surface area contributed by atoms with Gasteiger partial charge in [-0.2, -0.15) is 0 Å². The molecule has 0 radical (unpaired) electrons. The highest BCUT2D eigenvalue weighted by molar-refractivity contribution is 7.99. The number of aryl methyl sites for hydroxylation is 3. The van der Waals surface area contributed by atoms with E-state index in [0.29, 0.717) is 87.7 Å². The van der Waals surface area contributed by atoms with E-state index < -0.39 is 53.7 Å². The molecule has 0 aromatic heterocycles. The number of hydrogen-bond acceptors (Lipinski definition) is 21. The fraction of sp³-hybridized carbons (Fsp3) is 0.179. The number of benzene rings is 9. The smallest absolute Gasteiger partial charge is 0.343 e. The number of carbonyl (C=O) groups is 9. The number of carbonyl (C=O) groups excluding carboxylic acids is 9. The molecule has 540 valence electrons. The van der Waals surface area contributed by atoms with Gasteiger partial charge in [0.25, 0.3) is 0 Å². The Morgan fingerprint density at radius 3 is 0.610 bits per heavy atom. The molecule has 0 aliphatic heterocycles. The van der Waals surface area contributed by atoms with Gasteiger partial charge >= 0.3 is 53.7 Å². The second-order valence-corrected chi connectivity index (χ2v) is 26.2. The zero-order chi connectivity index (χ0) is 75.1. The van der Waals surface area contributed by atoms with Crippen molar-refractivity contribution in [2.75, 3.05) is 37.1 Å². The Balaban J connectivity index is 0.000000220. The van der Waals surface area contributed by atoms with E-state index >= 15 is 0 Å². The van der Waals surface area contributed by atoms with Crippen molar-refractivity contribution in [1.82, 2.24) is 0 Å². The van der Waals surface area contributed by atoms with Crippen LogP contribution in [0.2, 0.25) is 0 Å². The molecule has 0 amide bonds. The van der Waals surface area contributed by atoms with Crippen molar-refractivity contribution in [3.05, 3.63) is 306 Å². The highest BCUT2D eigenvalue weighted by Gasteiger charge is 2.17. The van der Waals surface area contributed by atoms with E-state index in [0.717, 1.165) is 105 Å². The van der Waals surface area contributed by atoms with Crippen molar-refractivity contribution in [2.24, 2.45) is 0 Å². The van der Waals surface area contributed by atoms with Crippen molar-refractivity contribution >= 4 is 89.0 Å². The van der Waals surface area contributed by atoms with Crippen LogP contribution in [-0.2, 0) is 28.6 Å². The molecule has 0 unspecified atom stereocenters. The van der Waals surface area contributed by atoms with E-state index in [2.05, 4.69) is 19.7 Å². The molecule has 0 saturated heterocycles. The van der Waals surface area contributed by atoms with Crippen LogP contribution in [0.3, 0.4) is 0 Å². The normalized spacial score (nSPS) is 10.3. The third kappa shape index (κ3) is 29.8. The van der Waals surface area contributed by atoms with E-state index in [4.69, 9.17) is 42.6 Å². The zero-order valence-electron chi connectivity index (χ0n) is 58.2. The molecule has 21 heteroatoms. The molecule has 0 aliphatic rings. The second-order valence-electron chi connectivity index (χ2n) is 22.7. The van der Waals surface area contributed by atoms with Crippen molar-refractivity contribution < 1.29 is 85.8 Å². The van der Waals surface area contributed by atoms with Crippen molar-refractivity contribution in [3.63, 3.8) is 0 Å². The zero-order valence-corrected chi connectivity index (χ0v) is 60.6. The molecule has 0 spiro atoms. The largest absolute Gasteiger partial charge is 0.463 e. The van der Waals surface area contributed by atoms with Gasteiger partial charge in [0.05, 0.1) is 53.2 Å². The quantitative estimate of drug-likeness (QED) is 0.00928. The van der Waals surface area contributed by atoms with Gasteiger partial charge in [-0.25, -0.2) is 43.2 Å². The lowest BCUT2D eigenvalue weighted by Gasteiger charge is -2.07. The number of hydrogen-bond donors (Lipinski definition) is 0. The first kappa shape index (κ1) is 80.8. The SMILES string of the molecule is C=CC(=O)OCCCCSc1ccc(C(=O)Oc2ccc(C(=O)Oc3ccc(C)cc3)cc2)cc1.C=CC(=O)OCCCCSc1ccc(C(=O)Oc2ccc(C(=O)Oc3ccc(C)cc3)cc2)cc1.C=CC(=O)OCCCCSc1ccc(C(=O)Oc2ccc(C(=O)Oc3ccc(C)cc3)cc2)cc1. The van der Waals surface area contributed by atoms with Gasteiger partial charge in [0.15, 0.2) is 0 Å². The number of thioether (sulfide) groups is 3. The summed E-state index contributed by atoms with van der Waals surface area (Å²) in [4.78, 5) is 110. The molecule has 18 nitrogen and oxygen atoms in total. The molecule has 105 heavy (non-hydrogen) atoms. The van der Waals surface area contributed by atoms with Gasteiger partial charge in [-0.1, -0.05) is 72.8 Å². The summed E-state index contributed by atoms with van der Waals surface area (Å²) in [6.07, 6.45) is 8.48. The Kier molecular flexibility index (Phi) is 33.9. The topological polar surface area (TPSA) is 237 Å². The predicted molar refractivity (Wildman–Crippen MR) is 405 cm³/mol. The van der Waals surface area contributed by atoms with Crippen LogP contribution >= 0.6 is 35.3 Å². The fourth-order valence-corrected chi connectivity index (χ4v) is 11.5. The Labute approximate surface area is 623 Å². The number of unbranched alkanes of at least 4 members (excludes halogenated alkanes) is 3. The third-order valence-electron chi connectivity index (χ3n) is 14.5. The minimum Gasteiger partial charge on any atom is -0.463 e. The Bertz CT molecular complexity index is 3900. The molecule has 0 aliphatic carbocycles. The Morgan fingerprint density at radius 1 is 0.257 bits per heavy atom. The molecule has 9 aromatic rings.